The van der Waals surface area contributed by atoms with Gasteiger partial charge < -0.3 is 0 Å². The number of hydrogen-bond acceptors (Lipinski definition) is 4. The number of sulfonamides is 1. The zero-order valence-electron chi connectivity index (χ0n) is 17.5. The summed E-state index contributed by atoms with van der Waals surface area (Å²) in [6, 6.07) is 22.4. The number of benzene rings is 4. The van der Waals surface area contributed by atoms with Gasteiger partial charge in [0.1, 0.15) is 6.54 Å². The van der Waals surface area contributed by atoms with E-state index >= 15 is 0 Å². The summed E-state index contributed by atoms with van der Waals surface area (Å²) >= 11 is 12.2. The van der Waals surface area contributed by atoms with Gasteiger partial charge in [0, 0.05) is 5.56 Å². The molecule has 0 aliphatic rings. The number of amides is 1. The van der Waals surface area contributed by atoms with Crippen molar-refractivity contribution >= 4 is 72.6 Å². The van der Waals surface area contributed by atoms with E-state index in [0.717, 1.165) is 37.7 Å². The molecule has 4 rings (SSSR count). The van der Waals surface area contributed by atoms with Crippen LogP contribution in [-0.2, 0) is 14.8 Å². The van der Waals surface area contributed by atoms with Gasteiger partial charge in [-0.05, 0) is 39.7 Å². The number of nitrogens with zero attached hydrogens (tertiary/aromatic N) is 2. The zero-order valence-corrected chi connectivity index (χ0v) is 19.8. The minimum Gasteiger partial charge on any atom is -0.271 e. The fourth-order valence-electron chi connectivity index (χ4n) is 3.59. The molecule has 0 saturated heterocycles. The van der Waals surface area contributed by atoms with Crippen molar-refractivity contribution in [2.24, 2.45) is 5.10 Å². The Balaban J connectivity index is 1.61. The van der Waals surface area contributed by atoms with Crippen molar-refractivity contribution in [1.29, 1.82) is 0 Å². The standard InChI is InChI=1S/C24H19Cl2N3O3S/c1-33(31,32)29(22-12-6-11-21(25)24(22)26)15-23(30)28-27-14-20-18-9-4-2-7-16(18)13-17-8-3-5-10-19(17)20/h2-14H,15H2,1H3,(H,28,30)/b27-14-. The van der Waals surface area contributed by atoms with Crippen molar-refractivity contribution in [2.75, 3.05) is 17.1 Å². The van der Waals surface area contributed by atoms with Crippen molar-refractivity contribution < 1.29 is 13.2 Å². The number of hydrogen-bond donors (Lipinski definition) is 1. The Morgan fingerprint density at radius 3 is 2.18 bits per heavy atom. The maximum atomic E-state index is 12.6. The van der Waals surface area contributed by atoms with Crippen LogP contribution in [0.3, 0.4) is 0 Å². The smallest absolute Gasteiger partial charge is 0.260 e. The lowest BCUT2D eigenvalue weighted by Gasteiger charge is -2.22. The molecule has 0 heterocycles. The van der Waals surface area contributed by atoms with Gasteiger partial charge >= 0.3 is 0 Å². The van der Waals surface area contributed by atoms with Crippen molar-refractivity contribution in [1.82, 2.24) is 5.43 Å². The summed E-state index contributed by atoms with van der Waals surface area (Å²) in [5.41, 5.74) is 3.38. The first-order valence-electron chi connectivity index (χ1n) is 9.90. The molecule has 1 N–H and O–H groups in total. The van der Waals surface area contributed by atoms with E-state index < -0.39 is 22.5 Å². The molecule has 0 fully saturated rings. The summed E-state index contributed by atoms with van der Waals surface area (Å²) < 4.78 is 25.5. The lowest BCUT2D eigenvalue weighted by Crippen LogP contribution is -2.39. The van der Waals surface area contributed by atoms with Crippen LogP contribution in [0.4, 0.5) is 5.69 Å². The third kappa shape index (κ3) is 4.95. The maximum absolute atomic E-state index is 12.6. The van der Waals surface area contributed by atoms with Crippen molar-refractivity contribution in [3.8, 4) is 0 Å². The van der Waals surface area contributed by atoms with Crippen LogP contribution in [0.1, 0.15) is 5.56 Å². The highest BCUT2D eigenvalue weighted by atomic mass is 35.5. The number of rotatable bonds is 6. The van der Waals surface area contributed by atoms with Gasteiger partial charge in [-0.15, -0.1) is 0 Å². The molecular weight excluding hydrogens is 481 g/mol. The maximum Gasteiger partial charge on any atom is 0.260 e. The quantitative estimate of drug-likeness (QED) is 0.224. The number of nitrogens with one attached hydrogen (secondary N) is 1. The fraction of sp³-hybridized carbons (Fsp3) is 0.0833. The van der Waals surface area contributed by atoms with Crippen LogP contribution in [0.25, 0.3) is 21.5 Å². The van der Waals surface area contributed by atoms with E-state index in [1.165, 1.54) is 12.1 Å². The topological polar surface area (TPSA) is 78.8 Å². The van der Waals surface area contributed by atoms with Crippen molar-refractivity contribution in [3.05, 3.63) is 88.4 Å². The van der Waals surface area contributed by atoms with Crippen molar-refractivity contribution in [3.63, 3.8) is 0 Å². The largest absolute Gasteiger partial charge is 0.271 e. The van der Waals surface area contributed by atoms with Crippen LogP contribution < -0.4 is 9.73 Å². The van der Waals surface area contributed by atoms with E-state index in [0.29, 0.717) is 0 Å². The average Bonchev–Trinajstić information content (AvgIpc) is 2.78. The van der Waals surface area contributed by atoms with E-state index in [1.54, 1.807) is 12.3 Å². The third-order valence-electron chi connectivity index (χ3n) is 5.08. The van der Waals surface area contributed by atoms with E-state index in [1.807, 2.05) is 48.5 Å². The predicted molar refractivity (Wildman–Crippen MR) is 136 cm³/mol. The Morgan fingerprint density at radius 2 is 1.58 bits per heavy atom. The molecule has 33 heavy (non-hydrogen) atoms. The van der Waals surface area contributed by atoms with Crippen LogP contribution in [-0.4, -0.2) is 33.3 Å². The molecule has 168 valence electrons. The monoisotopic (exact) mass is 499 g/mol. The van der Waals surface area contributed by atoms with Gasteiger partial charge in [0.05, 0.1) is 28.2 Å². The number of fused-ring (bicyclic) bond motifs is 2. The summed E-state index contributed by atoms with van der Waals surface area (Å²) in [7, 11) is -3.81. The predicted octanol–water partition coefficient (Wildman–Crippen LogP) is 5.22. The highest BCUT2D eigenvalue weighted by Gasteiger charge is 2.23. The molecule has 4 aromatic rings. The Labute approximate surface area is 201 Å². The molecule has 1 amide bonds. The van der Waals surface area contributed by atoms with Crippen LogP contribution in [0.2, 0.25) is 10.0 Å². The van der Waals surface area contributed by atoms with Gasteiger partial charge in [0.25, 0.3) is 5.91 Å². The van der Waals surface area contributed by atoms with E-state index in [4.69, 9.17) is 23.2 Å². The Bertz CT molecular complexity index is 1450. The fourth-order valence-corrected chi connectivity index (χ4v) is 4.90. The Kier molecular flexibility index (Phi) is 6.56. The minimum absolute atomic E-state index is 0.0446. The SMILES string of the molecule is CS(=O)(=O)N(CC(=O)N/N=C\c1c2ccccc2cc2ccccc12)c1cccc(Cl)c1Cl. The Morgan fingerprint density at radius 1 is 0.970 bits per heavy atom. The Hall–Kier alpha value is -3.13. The molecule has 0 radical (unpaired) electrons. The molecule has 0 spiro atoms. The molecule has 0 atom stereocenters. The van der Waals surface area contributed by atoms with E-state index in [9.17, 15) is 13.2 Å². The summed E-state index contributed by atoms with van der Waals surface area (Å²) in [5.74, 6) is -0.628. The van der Waals surface area contributed by atoms with Gasteiger partial charge in [0.15, 0.2) is 0 Å². The first-order chi connectivity index (χ1) is 15.8. The molecule has 0 bridgehead atoms. The lowest BCUT2D eigenvalue weighted by atomic mass is 9.97. The van der Waals surface area contributed by atoms with Crippen LogP contribution in [0.5, 0.6) is 0 Å². The second-order valence-electron chi connectivity index (χ2n) is 7.37. The minimum atomic E-state index is -3.81. The van der Waals surface area contributed by atoms with E-state index in [-0.39, 0.29) is 15.7 Å². The first kappa shape index (κ1) is 23.0. The van der Waals surface area contributed by atoms with Gasteiger partial charge in [-0.25, -0.2) is 13.8 Å². The summed E-state index contributed by atoms with van der Waals surface area (Å²) in [4.78, 5) is 12.6. The third-order valence-corrected chi connectivity index (χ3v) is 7.02. The molecule has 4 aromatic carbocycles. The average molecular weight is 500 g/mol. The van der Waals surface area contributed by atoms with Crippen LogP contribution in [0, 0.1) is 0 Å². The zero-order chi connectivity index (χ0) is 23.6. The lowest BCUT2D eigenvalue weighted by molar-refractivity contribution is -0.119. The molecule has 0 aliphatic heterocycles. The van der Waals surface area contributed by atoms with Gasteiger partial charge in [0.2, 0.25) is 10.0 Å². The first-order valence-corrected chi connectivity index (χ1v) is 12.5. The van der Waals surface area contributed by atoms with Crippen LogP contribution in [0.15, 0.2) is 77.9 Å². The number of halogens is 2. The molecule has 6 nitrogen and oxygen atoms in total. The highest BCUT2D eigenvalue weighted by molar-refractivity contribution is 7.92. The van der Waals surface area contributed by atoms with Crippen molar-refractivity contribution in [2.45, 2.75) is 0 Å². The number of hydrazone groups is 1. The second-order valence-corrected chi connectivity index (χ2v) is 10.1. The van der Waals surface area contributed by atoms with Gasteiger partial charge in [-0.3, -0.25) is 9.10 Å². The second kappa shape index (κ2) is 9.39. The van der Waals surface area contributed by atoms with Gasteiger partial charge in [-0.2, -0.15) is 5.10 Å². The normalized spacial score (nSPS) is 11.8. The summed E-state index contributed by atoms with van der Waals surface area (Å²) in [6.45, 7) is -0.507. The molecule has 9 heteroatoms. The number of anilines is 1. The molecule has 0 aliphatic carbocycles. The van der Waals surface area contributed by atoms with E-state index in [2.05, 4.69) is 16.6 Å². The highest BCUT2D eigenvalue weighted by Crippen LogP contribution is 2.33. The summed E-state index contributed by atoms with van der Waals surface area (Å²) in [6.07, 6.45) is 2.56. The molecule has 0 aromatic heterocycles. The molecule has 0 unspecified atom stereocenters. The number of carbonyl (C=O) groups excluding carboxylic acids is 1. The molecule has 0 saturated carbocycles. The molecular formula is C24H19Cl2N3O3S. The van der Waals surface area contributed by atoms with Gasteiger partial charge in [-0.1, -0.05) is 77.8 Å². The number of carbonyl (C=O) groups is 1. The van der Waals surface area contributed by atoms with Crippen LogP contribution >= 0.6 is 23.2 Å². The summed E-state index contributed by atoms with van der Waals surface area (Å²) in [5, 5.41) is 8.39.